The minimum absolute atomic E-state index is 0.132. The Morgan fingerprint density at radius 2 is 1.92 bits per heavy atom. The second-order valence-corrected chi connectivity index (χ2v) is 9.82. The SMILES string of the molecule is Cc1ccc(NC(=O)N2OCC[C@@H]2c2ccccc2)cc1C#Cc1nn(C2CCNCC2)c2ncnc(N)c12. The molecule has 0 spiro atoms. The number of fused-ring (bicyclic) bond motifs is 1. The van der Waals surface area contributed by atoms with Gasteiger partial charge in [0.25, 0.3) is 0 Å². The molecule has 1 atom stereocenters. The average Bonchev–Trinajstić information content (AvgIpc) is 3.61. The number of benzene rings is 2. The number of carbonyl (C=O) groups is 1. The van der Waals surface area contributed by atoms with E-state index in [0.29, 0.717) is 34.8 Å². The van der Waals surface area contributed by atoms with Crippen molar-refractivity contribution in [3.8, 4) is 11.8 Å². The highest BCUT2D eigenvalue weighted by atomic mass is 16.7. The summed E-state index contributed by atoms with van der Waals surface area (Å²) < 4.78 is 1.95. The highest BCUT2D eigenvalue weighted by molar-refractivity contribution is 5.91. The molecule has 2 aliphatic rings. The van der Waals surface area contributed by atoms with Gasteiger partial charge in [0.05, 0.1) is 24.1 Å². The first-order chi connectivity index (χ1) is 19.1. The summed E-state index contributed by atoms with van der Waals surface area (Å²) in [6.07, 6.45) is 4.13. The van der Waals surface area contributed by atoms with Gasteiger partial charge in [-0.15, -0.1) is 0 Å². The van der Waals surface area contributed by atoms with Gasteiger partial charge in [-0.3, -0.25) is 4.84 Å². The van der Waals surface area contributed by atoms with Gasteiger partial charge < -0.3 is 16.4 Å². The number of amides is 2. The number of rotatable bonds is 3. The molecule has 0 saturated carbocycles. The van der Waals surface area contributed by atoms with Crippen LogP contribution in [0, 0.1) is 18.8 Å². The molecule has 0 unspecified atom stereocenters. The molecule has 198 valence electrons. The van der Waals surface area contributed by atoms with Gasteiger partial charge >= 0.3 is 6.03 Å². The number of carbonyl (C=O) groups excluding carboxylic acids is 1. The van der Waals surface area contributed by atoms with Gasteiger partial charge in [-0.05, 0) is 62.0 Å². The molecule has 2 aliphatic heterocycles. The number of aryl methyl sites for hydroxylation is 1. The zero-order valence-electron chi connectivity index (χ0n) is 21.7. The van der Waals surface area contributed by atoms with Crippen molar-refractivity contribution in [3.63, 3.8) is 0 Å². The molecular weight excluding hydrogens is 492 g/mol. The van der Waals surface area contributed by atoms with E-state index in [1.807, 2.05) is 60.1 Å². The predicted octanol–water partition coefficient (Wildman–Crippen LogP) is 3.95. The molecule has 2 amide bonds. The summed E-state index contributed by atoms with van der Waals surface area (Å²) in [7, 11) is 0. The van der Waals surface area contributed by atoms with E-state index in [1.165, 1.54) is 11.4 Å². The Kier molecular flexibility index (Phi) is 6.84. The smallest absolute Gasteiger partial charge is 0.346 e. The van der Waals surface area contributed by atoms with Crippen LogP contribution in [-0.2, 0) is 4.84 Å². The van der Waals surface area contributed by atoms with Crippen LogP contribution >= 0.6 is 0 Å². The molecule has 10 nitrogen and oxygen atoms in total. The molecule has 2 aromatic heterocycles. The van der Waals surface area contributed by atoms with Crippen LogP contribution in [0.25, 0.3) is 11.0 Å². The third kappa shape index (κ3) is 5.02. The van der Waals surface area contributed by atoms with Gasteiger partial charge in [0.1, 0.15) is 17.8 Å². The van der Waals surface area contributed by atoms with E-state index in [2.05, 4.69) is 32.4 Å². The Bertz CT molecular complexity index is 1570. The Morgan fingerprint density at radius 1 is 1.10 bits per heavy atom. The second-order valence-electron chi connectivity index (χ2n) is 9.82. The van der Waals surface area contributed by atoms with Crippen LogP contribution in [0.3, 0.4) is 0 Å². The van der Waals surface area contributed by atoms with Gasteiger partial charge in [0.15, 0.2) is 5.65 Å². The topological polar surface area (TPSA) is 123 Å². The minimum Gasteiger partial charge on any atom is -0.383 e. The lowest BCUT2D eigenvalue weighted by Crippen LogP contribution is -2.33. The Labute approximate surface area is 226 Å². The molecule has 4 heterocycles. The summed E-state index contributed by atoms with van der Waals surface area (Å²) in [5.74, 6) is 6.80. The van der Waals surface area contributed by atoms with E-state index in [1.54, 1.807) is 0 Å². The number of hydrogen-bond acceptors (Lipinski definition) is 7. The summed E-state index contributed by atoms with van der Waals surface area (Å²) in [4.78, 5) is 27.5. The first-order valence-electron chi connectivity index (χ1n) is 13.2. The molecule has 0 bridgehead atoms. The van der Waals surface area contributed by atoms with Crippen LogP contribution in [0.4, 0.5) is 16.3 Å². The number of urea groups is 1. The quantitative estimate of drug-likeness (QED) is 0.348. The maximum absolute atomic E-state index is 13.1. The van der Waals surface area contributed by atoms with Crippen molar-refractivity contribution >= 4 is 28.6 Å². The molecule has 6 rings (SSSR count). The van der Waals surface area contributed by atoms with Crippen LogP contribution in [-0.4, -0.2) is 50.5 Å². The lowest BCUT2D eigenvalue weighted by atomic mass is 10.1. The van der Waals surface area contributed by atoms with Crippen molar-refractivity contribution in [2.24, 2.45) is 0 Å². The number of anilines is 2. The van der Waals surface area contributed by atoms with Crippen LogP contribution in [0.2, 0.25) is 0 Å². The van der Waals surface area contributed by atoms with E-state index in [-0.39, 0.29) is 18.1 Å². The fourth-order valence-electron chi connectivity index (χ4n) is 5.18. The van der Waals surface area contributed by atoms with E-state index < -0.39 is 0 Å². The molecule has 4 N–H and O–H groups in total. The van der Waals surface area contributed by atoms with Crippen molar-refractivity contribution in [1.29, 1.82) is 0 Å². The highest BCUT2D eigenvalue weighted by Crippen LogP contribution is 2.31. The molecule has 39 heavy (non-hydrogen) atoms. The fourth-order valence-corrected chi connectivity index (χ4v) is 5.18. The maximum Gasteiger partial charge on any atom is 0.346 e. The number of nitrogens with one attached hydrogen (secondary N) is 2. The number of nitrogen functional groups attached to an aromatic ring is 1. The number of hydrogen-bond donors (Lipinski definition) is 3. The summed E-state index contributed by atoms with van der Waals surface area (Å²) in [6, 6.07) is 15.3. The van der Waals surface area contributed by atoms with E-state index >= 15 is 0 Å². The van der Waals surface area contributed by atoms with Gasteiger partial charge in [-0.25, -0.2) is 19.4 Å². The molecule has 2 aromatic carbocycles. The predicted molar refractivity (Wildman–Crippen MR) is 149 cm³/mol. The van der Waals surface area contributed by atoms with Crippen LogP contribution in [0.5, 0.6) is 0 Å². The molecule has 2 saturated heterocycles. The summed E-state index contributed by atoms with van der Waals surface area (Å²) in [6.45, 7) is 4.33. The van der Waals surface area contributed by atoms with Crippen LogP contribution in [0.1, 0.15) is 53.7 Å². The van der Waals surface area contributed by atoms with Gasteiger partial charge in [0.2, 0.25) is 0 Å². The monoisotopic (exact) mass is 522 g/mol. The normalized spacial score (nSPS) is 17.7. The number of aromatic nitrogens is 4. The number of nitrogens with zero attached hydrogens (tertiary/aromatic N) is 5. The van der Waals surface area contributed by atoms with Crippen molar-refractivity contribution in [1.82, 2.24) is 30.1 Å². The molecule has 0 aliphatic carbocycles. The van der Waals surface area contributed by atoms with Crippen molar-refractivity contribution in [2.75, 3.05) is 30.7 Å². The maximum atomic E-state index is 13.1. The zero-order chi connectivity index (χ0) is 26.8. The van der Waals surface area contributed by atoms with Crippen LogP contribution in [0.15, 0.2) is 54.9 Å². The van der Waals surface area contributed by atoms with Crippen molar-refractivity contribution in [3.05, 3.63) is 77.2 Å². The zero-order valence-corrected chi connectivity index (χ0v) is 21.7. The molecular formula is C29H30N8O2. The van der Waals surface area contributed by atoms with E-state index in [4.69, 9.17) is 15.7 Å². The minimum atomic E-state index is -0.319. The standard InChI is InChI=1S/C29H30N8O2/c1-19-7-9-22(34-29(38)37-25(13-16-39-37)20-5-3-2-4-6-20)17-21(19)8-10-24-26-27(30)32-18-33-28(26)36(35-24)23-11-14-31-15-12-23/h2-7,9,17-18,23,25,31H,11-16H2,1H3,(H,34,38)(H2,30,32,33)/t25-/m1/s1. The van der Waals surface area contributed by atoms with Gasteiger partial charge in [-0.1, -0.05) is 42.3 Å². The largest absolute Gasteiger partial charge is 0.383 e. The van der Waals surface area contributed by atoms with Crippen molar-refractivity contribution < 1.29 is 9.63 Å². The van der Waals surface area contributed by atoms with Crippen molar-refractivity contribution in [2.45, 2.75) is 38.3 Å². The van der Waals surface area contributed by atoms with Gasteiger partial charge in [-0.2, -0.15) is 10.2 Å². The average molecular weight is 523 g/mol. The number of piperidine rings is 1. The third-order valence-corrected chi connectivity index (χ3v) is 7.27. The lowest BCUT2D eigenvalue weighted by molar-refractivity contribution is -0.0829. The molecule has 2 fully saturated rings. The number of hydroxylamine groups is 2. The van der Waals surface area contributed by atoms with E-state index in [9.17, 15) is 4.79 Å². The third-order valence-electron chi connectivity index (χ3n) is 7.27. The fraction of sp³-hybridized carbons (Fsp3) is 0.310. The Balaban J connectivity index is 1.26. The summed E-state index contributed by atoms with van der Waals surface area (Å²) >= 11 is 0. The highest BCUT2D eigenvalue weighted by Gasteiger charge is 2.31. The van der Waals surface area contributed by atoms with Crippen LogP contribution < -0.4 is 16.4 Å². The number of nitrogens with two attached hydrogens (primary N) is 1. The second kappa shape index (κ2) is 10.7. The lowest BCUT2D eigenvalue weighted by Gasteiger charge is -2.23. The summed E-state index contributed by atoms with van der Waals surface area (Å²) in [5.41, 5.74) is 10.9. The van der Waals surface area contributed by atoms with E-state index in [0.717, 1.165) is 49.0 Å². The Hall–Kier alpha value is -4.46. The summed E-state index contributed by atoms with van der Waals surface area (Å²) in [5, 5.41) is 13.3. The molecule has 4 aromatic rings. The Morgan fingerprint density at radius 3 is 2.74 bits per heavy atom. The molecule has 0 radical (unpaired) electrons. The molecule has 10 heteroatoms. The van der Waals surface area contributed by atoms with Gasteiger partial charge in [0, 0.05) is 17.7 Å². The first-order valence-corrected chi connectivity index (χ1v) is 13.2. The first kappa shape index (κ1) is 24.9.